The molecule has 2 N–H and O–H groups in total. The maximum Gasteiger partial charge on any atom is 0.294 e. The molecule has 0 fully saturated rings. The van der Waals surface area contributed by atoms with Crippen LogP contribution in [0.2, 0.25) is 0 Å². The Balaban J connectivity index is 2.34. The number of hydrogen-bond acceptors (Lipinski definition) is 4. The molecule has 1 aromatic heterocycles. The zero-order valence-electron chi connectivity index (χ0n) is 10.2. The molecule has 0 saturated carbocycles. The highest BCUT2D eigenvalue weighted by molar-refractivity contribution is 5.42. The number of azo groups is 1. The summed E-state index contributed by atoms with van der Waals surface area (Å²) in [5.41, 5.74) is 1.98. The van der Waals surface area contributed by atoms with Gasteiger partial charge in [-0.15, -0.1) is 5.11 Å². The molecule has 0 aliphatic carbocycles. The Bertz CT molecular complexity index is 623. The maximum atomic E-state index is 11.7. The second kappa shape index (κ2) is 4.97. The Labute approximate surface area is 104 Å². The van der Waals surface area contributed by atoms with Crippen molar-refractivity contribution in [2.24, 2.45) is 17.3 Å². The molecular weight excluding hydrogens is 232 g/mol. The van der Waals surface area contributed by atoms with Gasteiger partial charge in [0.05, 0.1) is 18.0 Å². The van der Waals surface area contributed by atoms with E-state index in [1.807, 2.05) is 31.2 Å². The standard InChI is InChI=1S/C12H14N4O2/c1-8-3-5-9(6-4-8)13-14-11-10(7-17)15-16(2)12(11)18/h3-6,15,17H,7H2,1-2H3. The van der Waals surface area contributed by atoms with Crippen molar-refractivity contribution in [2.75, 3.05) is 0 Å². The summed E-state index contributed by atoms with van der Waals surface area (Å²) in [6.07, 6.45) is 0. The van der Waals surface area contributed by atoms with E-state index in [1.165, 1.54) is 4.68 Å². The Morgan fingerprint density at radius 3 is 2.56 bits per heavy atom. The van der Waals surface area contributed by atoms with Gasteiger partial charge in [-0.25, -0.2) is 0 Å². The van der Waals surface area contributed by atoms with E-state index in [0.717, 1.165) is 5.56 Å². The second-order valence-electron chi connectivity index (χ2n) is 4.00. The minimum Gasteiger partial charge on any atom is -0.390 e. The minimum atomic E-state index is -0.310. The van der Waals surface area contributed by atoms with Crippen molar-refractivity contribution in [1.82, 2.24) is 9.78 Å². The number of benzene rings is 1. The molecule has 0 bridgehead atoms. The predicted octanol–water partition coefficient (Wildman–Crippen LogP) is 1.93. The van der Waals surface area contributed by atoms with Crippen LogP contribution in [0, 0.1) is 6.92 Å². The molecule has 1 aromatic carbocycles. The van der Waals surface area contributed by atoms with E-state index in [9.17, 15) is 4.79 Å². The molecule has 0 aliphatic heterocycles. The lowest BCUT2D eigenvalue weighted by Crippen LogP contribution is -2.10. The fourth-order valence-corrected chi connectivity index (χ4v) is 1.53. The van der Waals surface area contributed by atoms with Gasteiger partial charge in [0.15, 0.2) is 5.69 Å². The summed E-state index contributed by atoms with van der Waals surface area (Å²) in [5.74, 6) is 0. The second-order valence-corrected chi connectivity index (χ2v) is 4.00. The van der Waals surface area contributed by atoms with Crippen LogP contribution in [0.5, 0.6) is 0 Å². The van der Waals surface area contributed by atoms with Gasteiger partial charge in [-0.05, 0) is 19.1 Å². The molecule has 0 unspecified atom stereocenters. The molecule has 6 nitrogen and oxygen atoms in total. The van der Waals surface area contributed by atoms with Crippen molar-refractivity contribution in [3.63, 3.8) is 0 Å². The van der Waals surface area contributed by atoms with Crippen molar-refractivity contribution in [3.8, 4) is 0 Å². The highest BCUT2D eigenvalue weighted by Crippen LogP contribution is 2.18. The molecule has 0 radical (unpaired) electrons. The number of aliphatic hydroxyl groups is 1. The Morgan fingerprint density at radius 2 is 1.94 bits per heavy atom. The van der Waals surface area contributed by atoms with Gasteiger partial charge in [-0.2, -0.15) is 5.11 Å². The van der Waals surface area contributed by atoms with E-state index in [2.05, 4.69) is 15.3 Å². The molecule has 0 saturated heterocycles. The number of rotatable bonds is 3. The van der Waals surface area contributed by atoms with Gasteiger partial charge in [0, 0.05) is 7.05 Å². The summed E-state index contributed by atoms with van der Waals surface area (Å²) in [4.78, 5) is 11.7. The van der Waals surface area contributed by atoms with E-state index in [1.54, 1.807) is 7.05 Å². The smallest absolute Gasteiger partial charge is 0.294 e. The van der Waals surface area contributed by atoms with E-state index in [-0.39, 0.29) is 17.9 Å². The molecule has 94 valence electrons. The first-order valence-corrected chi connectivity index (χ1v) is 5.49. The number of nitrogens with one attached hydrogen (secondary N) is 1. The van der Waals surface area contributed by atoms with E-state index >= 15 is 0 Å². The van der Waals surface area contributed by atoms with Gasteiger partial charge < -0.3 is 5.11 Å². The maximum absolute atomic E-state index is 11.7. The van der Waals surface area contributed by atoms with E-state index in [4.69, 9.17) is 5.11 Å². The quantitative estimate of drug-likeness (QED) is 0.811. The molecule has 18 heavy (non-hydrogen) atoms. The zero-order valence-corrected chi connectivity index (χ0v) is 10.2. The van der Waals surface area contributed by atoms with Crippen LogP contribution >= 0.6 is 0 Å². The van der Waals surface area contributed by atoms with Crippen LogP contribution in [-0.2, 0) is 13.7 Å². The zero-order chi connectivity index (χ0) is 13.1. The Morgan fingerprint density at radius 1 is 1.28 bits per heavy atom. The topological polar surface area (TPSA) is 82.7 Å². The highest BCUT2D eigenvalue weighted by atomic mass is 16.3. The average Bonchev–Trinajstić information content (AvgIpc) is 2.65. The largest absolute Gasteiger partial charge is 0.390 e. The molecule has 0 aliphatic rings. The third-order valence-electron chi connectivity index (χ3n) is 2.55. The molecule has 0 amide bonds. The third kappa shape index (κ3) is 2.38. The SMILES string of the molecule is Cc1ccc(N=Nc2c(CO)[nH]n(C)c2=O)cc1. The third-order valence-corrected chi connectivity index (χ3v) is 2.55. The van der Waals surface area contributed by atoms with Gasteiger partial charge in [0.2, 0.25) is 0 Å². The van der Waals surface area contributed by atoms with Crippen molar-refractivity contribution in [3.05, 3.63) is 45.9 Å². The summed E-state index contributed by atoms with van der Waals surface area (Å²) in [6, 6.07) is 7.45. The van der Waals surface area contributed by atoms with Crippen LogP contribution in [0.3, 0.4) is 0 Å². The van der Waals surface area contributed by atoms with Gasteiger partial charge in [-0.1, -0.05) is 17.7 Å². The molecule has 2 aromatic rings. The lowest BCUT2D eigenvalue weighted by molar-refractivity contribution is 0.276. The molecular formula is C12H14N4O2. The molecule has 0 spiro atoms. The monoisotopic (exact) mass is 246 g/mol. The van der Waals surface area contributed by atoms with Gasteiger partial charge in [-0.3, -0.25) is 14.6 Å². The summed E-state index contributed by atoms with van der Waals surface area (Å²) < 4.78 is 1.26. The van der Waals surface area contributed by atoms with Crippen LogP contribution < -0.4 is 5.56 Å². The van der Waals surface area contributed by atoms with Crippen molar-refractivity contribution in [2.45, 2.75) is 13.5 Å². The summed E-state index contributed by atoms with van der Waals surface area (Å²) >= 11 is 0. The Hall–Kier alpha value is -2.21. The number of H-pyrrole nitrogens is 1. The normalized spacial score (nSPS) is 11.3. The van der Waals surface area contributed by atoms with Crippen molar-refractivity contribution >= 4 is 11.4 Å². The first kappa shape index (κ1) is 12.3. The van der Waals surface area contributed by atoms with Crippen LogP contribution in [0.1, 0.15) is 11.3 Å². The molecule has 2 rings (SSSR count). The number of aliphatic hydroxyl groups excluding tert-OH is 1. The van der Waals surface area contributed by atoms with Crippen LogP contribution in [-0.4, -0.2) is 14.9 Å². The molecule has 6 heteroatoms. The van der Waals surface area contributed by atoms with Crippen LogP contribution in [0.4, 0.5) is 11.4 Å². The van der Waals surface area contributed by atoms with Gasteiger partial charge in [0.1, 0.15) is 0 Å². The Kier molecular flexibility index (Phi) is 3.38. The van der Waals surface area contributed by atoms with Crippen molar-refractivity contribution in [1.29, 1.82) is 0 Å². The first-order chi connectivity index (χ1) is 8.61. The van der Waals surface area contributed by atoms with Gasteiger partial charge >= 0.3 is 0 Å². The summed E-state index contributed by atoms with van der Waals surface area (Å²) in [7, 11) is 1.56. The fraction of sp³-hybridized carbons (Fsp3) is 0.250. The number of aromatic nitrogens is 2. The average molecular weight is 246 g/mol. The lowest BCUT2D eigenvalue weighted by atomic mass is 10.2. The number of nitrogens with zero attached hydrogens (tertiary/aromatic N) is 3. The van der Waals surface area contributed by atoms with Gasteiger partial charge in [0.25, 0.3) is 5.56 Å². The van der Waals surface area contributed by atoms with Crippen LogP contribution in [0.15, 0.2) is 39.3 Å². The molecule has 0 atom stereocenters. The fourth-order valence-electron chi connectivity index (χ4n) is 1.53. The van der Waals surface area contributed by atoms with Crippen molar-refractivity contribution < 1.29 is 5.11 Å². The molecule has 1 heterocycles. The predicted molar refractivity (Wildman–Crippen MR) is 67.3 cm³/mol. The number of aromatic amines is 1. The number of hydrogen-bond donors (Lipinski definition) is 2. The highest BCUT2D eigenvalue weighted by Gasteiger charge is 2.10. The minimum absolute atomic E-state index is 0.139. The van der Waals surface area contributed by atoms with E-state index in [0.29, 0.717) is 11.4 Å². The summed E-state index contributed by atoms with van der Waals surface area (Å²) in [5, 5.41) is 19.7. The number of aryl methyl sites for hydroxylation is 2. The first-order valence-electron chi connectivity index (χ1n) is 5.49. The van der Waals surface area contributed by atoms with E-state index < -0.39 is 0 Å². The summed E-state index contributed by atoms with van der Waals surface area (Å²) in [6.45, 7) is 1.70. The lowest BCUT2D eigenvalue weighted by Gasteiger charge is -1.93. The van der Waals surface area contributed by atoms with Crippen LogP contribution in [0.25, 0.3) is 0 Å².